The van der Waals surface area contributed by atoms with Crippen LogP contribution in [0.3, 0.4) is 0 Å². The second kappa shape index (κ2) is 9.56. The van der Waals surface area contributed by atoms with Gasteiger partial charge in [-0.1, -0.05) is 35.3 Å². The Bertz CT molecular complexity index is 327. The molecule has 0 aromatic carbocycles. The summed E-state index contributed by atoms with van der Waals surface area (Å²) >= 11 is 5.22. The van der Waals surface area contributed by atoms with Crippen molar-refractivity contribution in [2.75, 3.05) is 11.9 Å². The molecule has 1 aromatic rings. The number of thiophene rings is 1. The van der Waals surface area contributed by atoms with Gasteiger partial charge < -0.3 is 5.32 Å². The van der Waals surface area contributed by atoms with E-state index < -0.39 is 0 Å². The van der Waals surface area contributed by atoms with Gasteiger partial charge in [-0.05, 0) is 36.6 Å². The van der Waals surface area contributed by atoms with Crippen LogP contribution in [0, 0.1) is 5.92 Å². The van der Waals surface area contributed by atoms with E-state index in [1.807, 2.05) is 0 Å². The number of carbonyl (C=O) groups excluding carboxylic acids is 1. The van der Waals surface area contributed by atoms with Crippen molar-refractivity contribution in [2.24, 2.45) is 5.92 Å². The van der Waals surface area contributed by atoms with Crippen molar-refractivity contribution in [2.45, 2.75) is 39.0 Å². The molecule has 1 heterocycles. The van der Waals surface area contributed by atoms with Gasteiger partial charge in [0.25, 0.3) is 0 Å². The smallest absolute Gasteiger partial charge is 0.220 e. The molecular weight excluding hydrogens is 310 g/mol. The lowest BCUT2D eigenvalue weighted by molar-refractivity contribution is -0.121. The predicted octanol–water partition coefficient (Wildman–Crippen LogP) is 4.00. The summed E-state index contributed by atoms with van der Waals surface area (Å²) < 4.78 is 0. The number of alkyl halides is 1. The lowest BCUT2D eigenvalue weighted by Gasteiger charge is -2.14. The summed E-state index contributed by atoms with van der Waals surface area (Å²) in [5.41, 5.74) is 0. The van der Waals surface area contributed by atoms with Crippen LogP contribution in [-0.4, -0.2) is 17.8 Å². The zero-order chi connectivity index (χ0) is 13.2. The number of amides is 1. The maximum absolute atomic E-state index is 11.7. The predicted molar refractivity (Wildman–Crippen MR) is 82.5 cm³/mol. The SMILES string of the molecule is CCC(CCBr)CNC(=O)CCCc1cccs1. The molecule has 0 saturated heterocycles. The van der Waals surface area contributed by atoms with E-state index in [0.29, 0.717) is 12.3 Å². The summed E-state index contributed by atoms with van der Waals surface area (Å²) in [5.74, 6) is 0.796. The van der Waals surface area contributed by atoms with Crippen molar-refractivity contribution < 1.29 is 4.79 Å². The molecule has 18 heavy (non-hydrogen) atoms. The summed E-state index contributed by atoms with van der Waals surface area (Å²) in [6.07, 6.45) is 4.86. The molecule has 0 aliphatic rings. The summed E-state index contributed by atoms with van der Waals surface area (Å²) in [6, 6.07) is 4.19. The number of hydrogen-bond donors (Lipinski definition) is 1. The first-order valence-electron chi connectivity index (χ1n) is 6.61. The van der Waals surface area contributed by atoms with Crippen LogP contribution in [0.2, 0.25) is 0 Å². The van der Waals surface area contributed by atoms with Gasteiger partial charge in [0.1, 0.15) is 0 Å². The van der Waals surface area contributed by atoms with Gasteiger partial charge in [-0.3, -0.25) is 4.79 Å². The molecule has 1 N–H and O–H groups in total. The van der Waals surface area contributed by atoms with E-state index in [1.165, 1.54) is 4.88 Å². The Kier molecular flexibility index (Phi) is 8.34. The van der Waals surface area contributed by atoms with Crippen LogP contribution in [0.4, 0.5) is 0 Å². The van der Waals surface area contributed by atoms with Crippen LogP contribution in [-0.2, 0) is 11.2 Å². The topological polar surface area (TPSA) is 29.1 Å². The zero-order valence-corrected chi connectivity index (χ0v) is 13.4. The number of rotatable bonds is 9. The van der Waals surface area contributed by atoms with E-state index in [2.05, 4.69) is 45.7 Å². The first-order valence-corrected chi connectivity index (χ1v) is 8.61. The van der Waals surface area contributed by atoms with Crippen LogP contribution in [0.5, 0.6) is 0 Å². The van der Waals surface area contributed by atoms with Crippen LogP contribution >= 0.6 is 27.3 Å². The minimum Gasteiger partial charge on any atom is -0.356 e. The van der Waals surface area contributed by atoms with E-state index >= 15 is 0 Å². The fraction of sp³-hybridized carbons (Fsp3) is 0.643. The van der Waals surface area contributed by atoms with E-state index in [4.69, 9.17) is 0 Å². The second-order valence-corrected chi connectivity index (χ2v) is 6.31. The molecule has 1 amide bonds. The standard InChI is InChI=1S/C14H22BrNOS/c1-2-12(8-9-15)11-16-14(17)7-3-5-13-6-4-10-18-13/h4,6,10,12H,2-3,5,7-9,11H2,1H3,(H,16,17). The molecule has 1 rings (SSSR count). The van der Waals surface area contributed by atoms with Gasteiger partial charge in [0.05, 0.1) is 0 Å². The zero-order valence-electron chi connectivity index (χ0n) is 11.0. The normalized spacial score (nSPS) is 12.3. The fourth-order valence-corrected chi connectivity index (χ4v) is 3.23. The largest absolute Gasteiger partial charge is 0.356 e. The summed E-state index contributed by atoms with van der Waals surface area (Å²) in [7, 11) is 0. The van der Waals surface area contributed by atoms with Crippen molar-refractivity contribution in [3.63, 3.8) is 0 Å². The fourth-order valence-electron chi connectivity index (χ4n) is 1.83. The third-order valence-electron chi connectivity index (χ3n) is 3.09. The molecule has 2 nitrogen and oxygen atoms in total. The highest BCUT2D eigenvalue weighted by atomic mass is 79.9. The minimum absolute atomic E-state index is 0.194. The molecular formula is C14H22BrNOS. The summed E-state index contributed by atoms with van der Waals surface area (Å²) in [4.78, 5) is 13.0. The molecule has 0 spiro atoms. The lowest BCUT2D eigenvalue weighted by atomic mass is 10.0. The van der Waals surface area contributed by atoms with Gasteiger partial charge in [0, 0.05) is 23.2 Å². The van der Waals surface area contributed by atoms with E-state index in [1.54, 1.807) is 11.3 Å². The third kappa shape index (κ3) is 6.55. The molecule has 1 aromatic heterocycles. The Morgan fingerprint density at radius 1 is 1.56 bits per heavy atom. The Morgan fingerprint density at radius 3 is 3.00 bits per heavy atom. The highest BCUT2D eigenvalue weighted by molar-refractivity contribution is 9.09. The molecule has 0 aliphatic carbocycles. The average Bonchev–Trinajstić information content (AvgIpc) is 2.87. The van der Waals surface area contributed by atoms with E-state index in [9.17, 15) is 4.79 Å². The quantitative estimate of drug-likeness (QED) is 0.681. The number of hydrogen-bond acceptors (Lipinski definition) is 2. The molecule has 0 bridgehead atoms. The molecule has 102 valence electrons. The summed E-state index contributed by atoms with van der Waals surface area (Å²) in [6.45, 7) is 3.00. The Morgan fingerprint density at radius 2 is 2.39 bits per heavy atom. The Balaban J connectivity index is 2.09. The molecule has 4 heteroatoms. The van der Waals surface area contributed by atoms with Gasteiger partial charge in [-0.2, -0.15) is 0 Å². The molecule has 1 atom stereocenters. The van der Waals surface area contributed by atoms with Gasteiger partial charge in [-0.15, -0.1) is 11.3 Å². The number of halogens is 1. The lowest BCUT2D eigenvalue weighted by Crippen LogP contribution is -2.29. The van der Waals surface area contributed by atoms with Crippen LogP contribution in [0.1, 0.15) is 37.5 Å². The second-order valence-electron chi connectivity index (χ2n) is 4.49. The maximum Gasteiger partial charge on any atom is 0.220 e. The molecule has 0 aliphatic heterocycles. The van der Waals surface area contributed by atoms with Gasteiger partial charge >= 0.3 is 0 Å². The van der Waals surface area contributed by atoms with Gasteiger partial charge in [0.15, 0.2) is 0 Å². The first-order chi connectivity index (χ1) is 8.76. The summed E-state index contributed by atoms with van der Waals surface area (Å²) in [5, 5.41) is 6.14. The van der Waals surface area contributed by atoms with Gasteiger partial charge in [-0.25, -0.2) is 0 Å². The Labute approximate surface area is 122 Å². The third-order valence-corrected chi connectivity index (χ3v) is 4.48. The highest BCUT2D eigenvalue weighted by Crippen LogP contribution is 2.12. The highest BCUT2D eigenvalue weighted by Gasteiger charge is 2.07. The van der Waals surface area contributed by atoms with Gasteiger partial charge in [0.2, 0.25) is 5.91 Å². The molecule has 0 fully saturated rings. The first kappa shape index (κ1) is 15.7. The van der Waals surface area contributed by atoms with Crippen molar-refractivity contribution in [1.29, 1.82) is 0 Å². The number of carbonyl (C=O) groups is 1. The number of nitrogens with one attached hydrogen (secondary N) is 1. The van der Waals surface area contributed by atoms with Crippen LogP contribution in [0.25, 0.3) is 0 Å². The van der Waals surface area contributed by atoms with Crippen LogP contribution in [0.15, 0.2) is 17.5 Å². The minimum atomic E-state index is 0.194. The maximum atomic E-state index is 11.7. The molecule has 0 saturated carbocycles. The van der Waals surface area contributed by atoms with E-state index in [0.717, 1.165) is 37.6 Å². The van der Waals surface area contributed by atoms with Crippen molar-refractivity contribution in [1.82, 2.24) is 5.32 Å². The van der Waals surface area contributed by atoms with Crippen molar-refractivity contribution in [3.8, 4) is 0 Å². The average molecular weight is 332 g/mol. The Hall–Kier alpha value is -0.350. The van der Waals surface area contributed by atoms with Crippen molar-refractivity contribution >= 4 is 33.2 Å². The molecule has 0 radical (unpaired) electrons. The monoisotopic (exact) mass is 331 g/mol. The molecule has 1 unspecified atom stereocenters. The van der Waals surface area contributed by atoms with Crippen molar-refractivity contribution in [3.05, 3.63) is 22.4 Å². The van der Waals surface area contributed by atoms with E-state index in [-0.39, 0.29) is 5.91 Å². The number of aryl methyl sites for hydroxylation is 1. The van der Waals surface area contributed by atoms with Crippen LogP contribution < -0.4 is 5.32 Å².